The number of nitrogens with zero attached hydrogens (tertiary/aromatic N) is 2. The Morgan fingerprint density at radius 2 is 2.10 bits per heavy atom. The van der Waals surface area contributed by atoms with Crippen LogP contribution in [0.5, 0.6) is 0 Å². The summed E-state index contributed by atoms with van der Waals surface area (Å²) < 4.78 is 0. The van der Waals surface area contributed by atoms with Crippen LogP contribution < -0.4 is 5.32 Å². The van der Waals surface area contributed by atoms with Gasteiger partial charge in [0.1, 0.15) is 0 Å². The quantitative estimate of drug-likeness (QED) is 0.793. The summed E-state index contributed by atoms with van der Waals surface area (Å²) in [6.07, 6.45) is 3.81. The molecular weight excluding hydrogens is 266 g/mol. The first-order valence-corrected chi connectivity index (χ1v) is 7.60. The zero-order valence-electron chi connectivity index (χ0n) is 11.6. The molecule has 0 spiro atoms. The van der Waals surface area contributed by atoms with Crippen LogP contribution in [0.2, 0.25) is 0 Å². The number of hydrogen-bond acceptors (Lipinski definition) is 4. The average molecular weight is 283 g/mol. The lowest BCUT2D eigenvalue weighted by Crippen LogP contribution is -2.21. The van der Waals surface area contributed by atoms with Crippen LogP contribution in [0.4, 0.5) is 0 Å². The highest BCUT2D eigenvalue weighted by molar-refractivity contribution is 7.11. The van der Waals surface area contributed by atoms with Gasteiger partial charge in [0.15, 0.2) is 0 Å². The number of rotatable bonds is 4. The Balaban J connectivity index is 2.14. The maximum Gasteiger partial charge on any atom is 0.0897 e. The van der Waals surface area contributed by atoms with E-state index in [0.717, 1.165) is 17.1 Å². The Hall–Kier alpha value is -1.78. The van der Waals surface area contributed by atoms with E-state index in [2.05, 4.69) is 46.5 Å². The topological polar surface area (TPSA) is 37.8 Å². The summed E-state index contributed by atoms with van der Waals surface area (Å²) in [4.78, 5) is 10.1. The van der Waals surface area contributed by atoms with Crippen LogP contribution in [-0.4, -0.2) is 16.5 Å². The minimum atomic E-state index is 0.180. The van der Waals surface area contributed by atoms with E-state index in [-0.39, 0.29) is 6.04 Å². The van der Waals surface area contributed by atoms with Crippen molar-refractivity contribution < 1.29 is 0 Å². The van der Waals surface area contributed by atoms with Crippen LogP contribution in [0, 0.1) is 6.92 Å². The maximum atomic E-state index is 4.44. The first kappa shape index (κ1) is 13.2. The SMILES string of the molecule is CCNC(c1cnc(C)s1)c1cccc2ncccc12. The van der Waals surface area contributed by atoms with Crippen LogP contribution in [0.3, 0.4) is 0 Å². The number of fused-ring (bicyclic) bond motifs is 1. The minimum absolute atomic E-state index is 0.180. The Bertz CT molecular complexity index is 715. The van der Waals surface area contributed by atoms with Crippen molar-refractivity contribution in [3.8, 4) is 0 Å². The fourth-order valence-electron chi connectivity index (χ4n) is 2.46. The number of aromatic nitrogens is 2. The highest BCUT2D eigenvalue weighted by atomic mass is 32.1. The van der Waals surface area contributed by atoms with Gasteiger partial charge in [-0.2, -0.15) is 0 Å². The molecule has 20 heavy (non-hydrogen) atoms. The van der Waals surface area contributed by atoms with Crippen molar-refractivity contribution in [3.63, 3.8) is 0 Å². The molecule has 1 N–H and O–H groups in total. The fourth-order valence-corrected chi connectivity index (χ4v) is 3.34. The summed E-state index contributed by atoms with van der Waals surface area (Å²) in [6.45, 7) is 5.09. The van der Waals surface area contributed by atoms with Crippen molar-refractivity contribution in [2.75, 3.05) is 6.54 Å². The van der Waals surface area contributed by atoms with Gasteiger partial charge in [-0.3, -0.25) is 4.98 Å². The summed E-state index contributed by atoms with van der Waals surface area (Å²) in [5, 5.41) is 5.86. The Labute approximate surface area is 122 Å². The average Bonchev–Trinajstić information content (AvgIpc) is 2.91. The predicted octanol–water partition coefficient (Wildman–Crippen LogP) is 3.70. The van der Waals surface area contributed by atoms with Crippen molar-refractivity contribution in [2.45, 2.75) is 19.9 Å². The molecule has 0 aliphatic rings. The molecule has 2 aromatic heterocycles. The molecule has 0 bridgehead atoms. The van der Waals surface area contributed by atoms with E-state index in [0.29, 0.717) is 0 Å². The highest BCUT2D eigenvalue weighted by Gasteiger charge is 2.17. The van der Waals surface area contributed by atoms with E-state index in [1.54, 1.807) is 11.3 Å². The zero-order valence-corrected chi connectivity index (χ0v) is 12.4. The Kier molecular flexibility index (Phi) is 3.76. The summed E-state index contributed by atoms with van der Waals surface area (Å²) in [5.41, 5.74) is 2.30. The minimum Gasteiger partial charge on any atom is -0.306 e. The van der Waals surface area contributed by atoms with E-state index in [9.17, 15) is 0 Å². The lowest BCUT2D eigenvalue weighted by Gasteiger charge is -2.18. The largest absolute Gasteiger partial charge is 0.306 e. The number of pyridine rings is 1. The van der Waals surface area contributed by atoms with E-state index < -0.39 is 0 Å². The Morgan fingerprint density at radius 1 is 1.20 bits per heavy atom. The van der Waals surface area contributed by atoms with Crippen molar-refractivity contribution in [1.82, 2.24) is 15.3 Å². The molecule has 0 amide bonds. The molecule has 1 aromatic carbocycles. The molecule has 102 valence electrons. The number of thiazole rings is 1. The van der Waals surface area contributed by atoms with Crippen molar-refractivity contribution in [1.29, 1.82) is 0 Å². The van der Waals surface area contributed by atoms with E-state index in [1.165, 1.54) is 15.8 Å². The molecule has 0 fully saturated rings. The molecular formula is C16H17N3S. The molecule has 1 unspecified atom stereocenters. The highest BCUT2D eigenvalue weighted by Crippen LogP contribution is 2.31. The van der Waals surface area contributed by atoms with Crippen LogP contribution >= 0.6 is 11.3 Å². The van der Waals surface area contributed by atoms with Gasteiger partial charge in [-0.25, -0.2) is 4.98 Å². The van der Waals surface area contributed by atoms with E-state index in [1.807, 2.05) is 25.4 Å². The summed E-state index contributed by atoms with van der Waals surface area (Å²) in [7, 11) is 0. The summed E-state index contributed by atoms with van der Waals surface area (Å²) >= 11 is 1.75. The van der Waals surface area contributed by atoms with Crippen molar-refractivity contribution in [3.05, 3.63) is 58.2 Å². The van der Waals surface area contributed by atoms with Gasteiger partial charge in [0.05, 0.1) is 16.6 Å². The third-order valence-electron chi connectivity index (χ3n) is 3.32. The van der Waals surface area contributed by atoms with Crippen molar-refractivity contribution >= 4 is 22.2 Å². The molecule has 1 atom stereocenters. The molecule has 2 heterocycles. The predicted molar refractivity (Wildman–Crippen MR) is 84.1 cm³/mol. The number of benzene rings is 1. The zero-order chi connectivity index (χ0) is 13.9. The normalized spacial score (nSPS) is 12.7. The van der Waals surface area contributed by atoms with E-state index in [4.69, 9.17) is 0 Å². The van der Waals surface area contributed by atoms with E-state index >= 15 is 0 Å². The molecule has 3 nitrogen and oxygen atoms in total. The van der Waals surface area contributed by atoms with Crippen LogP contribution in [-0.2, 0) is 0 Å². The lowest BCUT2D eigenvalue weighted by molar-refractivity contribution is 0.642. The standard InChI is InChI=1S/C16H17N3S/c1-3-17-16(15-10-19-11(2)20-15)13-6-4-8-14-12(13)7-5-9-18-14/h4-10,16-17H,3H2,1-2H3. The number of hydrogen-bond donors (Lipinski definition) is 1. The molecule has 0 radical (unpaired) electrons. The van der Waals surface area contributed by atoms with Crippen LogP contribution in [0.1, 0.15) is 28.4 Å². The van der Waals surface area contributed by atoms with Gasteiger partial charge in [-0.15, -0.1) is 11.3 Å². The second kappa shape index (κ2) is 5.69. The first-order valence-electron chi connectivity index (χ1n) is 6.79. The fraction of sp³-hybridized carbons (Fsp3) is 0.250. The van der Waals surface area contributed by atoms with Crippen LogP contribution in [0.15, 0.2) is 42.7 Å². The van der Waals surface area contributed by atoms with Gasteiger partial charge in [-0.05, 0) is 31.2 Å². The van der Waals surface area contributed by atoms with Gasteiger partial charge in [0.25, 0.3) is 0 Å². The first-order chi connectivity index (χ1) is 9.79. The third kappa shape index (κ3) is 2.44. The van der Waals surface area contributed by atoms with Gasteiger partial charge in [0.2, 0.25) is 0 Å². The maximum absolute atomic E-state index is 4.44. The molecule has 0 aliphatic heterocycles. The second-order valence-electron chi connectivity index (χ2n) is 4.69. The second-order valence-corrected chi connectivity index (χ2v) is 5.96. The van der Waals surface area contributed by atoms with Gasteiger partial charge in [-0.1, -0.05) is 25.1 Å². The van der Waals surface area contributed by atoms with Gasteiger partial charge in [0, 0.05) is 22.7 Å². The summed E-state index contributed by atoms with van der Waals surface area (Å²) in [5.74, 6) is 0. The molecule has 0 saturated heterocycles. The Morgan fingerprint density at radius 3 is 2.85 bits per heavy atom. The molecule has 3 rings (SSSR count). The monoisotopic (exact) mass is 283 g/mol. The molecule has 0 saturated carbocycles. The third-order valence-corrected chi connectivity index (χ3v) is 4.30. The van der Waals surface area contributed by atoms with Crippen LogP contribution in [0.25, 0.3) is 10.9 Å². The molecule has 3 aromatic rings. The molecule has 4 heteroatoms. The lowest BCUT2D eigenvalue weighted by atomic mass is 10.0. The smallest absolute Gasteiger partial charge is 0.0897 e. The van der Waals surface area contributed by atoms with Crippen molar-refractivity contribution in [2.24, 2.45) is 0 Å². The number of aryl methyl sites for hydroxylation is 1. The van der Waals surface area contributed by atoms with Gasteiger partial charge < -0.3 is 5.32 Å². The number of nitrogens with one attached hydrogen (secondary N) is 1. The molecule has 0 aliphatic carbocycles. The van der Waals surface area contributed by atoms with Gasteiger partial charge >= 0.3 is 0 Å². The summed E-state index contributed by atoms with van der Waals surface area (Å²) in [6, 6.07) is 10.6.